The van der Waals surface area contributed by atoms with E-state index in [9.17, 15) is 13.2 Å². The average molecular weight is 362 g/mol. The molecule has 0 bridgehead atoms. The molecule has 0 aliphatic carbocycles. The summed E-state index contributed by atoms with van der Waals surface area (Å²) in [4.78, 5) is 11.1. The monoisotopic (exact) mass is 362 g/mol. The third-order valence-electron chi connectivity index (χ3n) is 3.64. The van der Waals surface area contributed by atoms with Crippen LogP contribution in [0.5, 0.6) is 0 Å². The minimum Gasteiger partial charge on any atom is -0.478 e. The highest BCUT2D eigenvalue weighted by molar-refractivity contribution is 7.92. The van der Waals surface area contributed by atoms with Gasteiger partial charge in [0.15, 0.2) is 0 Å². The van der Waals surface area contributed by atoms with Gasteiger partial charge in [-0.25, -0.2) is 13.2 Å². The Morgan fingerprint density at radius 2 is 1.80 bits per heavy atom. The third kappa shape index (κ3) is 5.22. The minimum atomic E-state index is -3.92. The number of benzene rings is 2. The molecule has 2 aromatic carbocycles. The number of anilines is 2. The second-order valence-corrected chi connectivity index (χ2v) is 7.27. The average Bonchev–Trinajstić information content (AvgIpc) is 2.59. The van der Waals surface area contributed by atoms with Crippen LogP contribution < -0.4 is 10.0 Å². The second kappa shape index (κ2) is 8.53. The highest BCUT2D eigenvalue weighted by Crippen LogP contribution is 2.25. The van der Waals surface area contributed by atoms with E-state index in [0.717, 1.165) is 19.3 Å². The predicted molar refractivity (Wildman–Crippen MR) is 98.7 cm³/mol. The minimum absolute atomic E-state index is 0.0762. The first-order valence-corrected chi connectivity index (χ1v) is 9.61. The predicted octanol–water partition coefficient (Wildman–Crippen LogP) is 3.79. The zero-order valence-electron chi connectivity index (χ0n) is 14.0. The highest BCUT2D eigenvalue weighted by atomic mass is 32.2. The van der Waals surface area contributed by atoms with Crippen molar-refractivity contribution in [2.24, 2.45) is 0 Å². The van der Waals surface area contributed by atoms with Crippen molar-refractivity contribution < 1.29 is 18.3 Å². The summed E-state index contributed by atoms with van der Waals surface area (Å²) in [5.74, 6) is -1.17. The summed E-state index contributed by atoms with van der Waals surface area (Å²) in [6.45, 7) is 2.70. The zero-order valence-corrected chi connectivity index (χ0v) is 14.8. The number of aromatic carboxylic acids is 1. The highest BCUT2D eigenvalue weighted by Gasteiger charge is 2.21. The van der Waals surface area contributed by atoms with Gasteiger partial charge in [0, 0.05) is 12.2 Å². The van der Waals surface area contributed by atoms with E-state index in [0.29, 0.717) is 17.9 Å². The van der Waals surface area contributed by atoms with E-state index in [1.165, 1.54) is 18.2 Å². The van der Waals surface area contributed by atoms with Crippen LogP contribution in [-0.2, 0) is 10.0 Å². The molecule has 6 nitrogen and oxygen atoms in total. The summed E-state index contributed by atoms with van der Waals surface area (Å²) in [6.07, 6.45) is 2.99. The molecule has 0 amide bonds. The molecule has 0 radical (unpaired) electrons. The van der Waals surface area contributed by atoms with E-state index in [-0.39, 0.29) is 10.5 Å². The van der Waals surface area contributed by atoms with Gasteiger partial charge in [-0.1, -0.05) is 38.0 Å². The molecule has 0 aromatic heterocycles. The number of carboxylic acid groups (broad SMARTS) is 1. The molecule has 0 atom stereocenters. The summed E-state index contributed by atoms with van der Waals surface area (Å²) in [7, 11) is -3.92. The molecule has 0 saturated carbocycles. The number of para-hydroxylation sites is 1. The zero-order chi connectivity index (χ0) is 18.3. The lowest BCUT2D eigenvalue weighted by atomic mass is 10.2. The van der Waals surface area contributed by atoms with Gasteiger partial charge in [-0.2, -0.15) is 0 Å². The topological polar surface area (TPSA) is 95.5 Å². The summed E-state index contributed by atoms with van der Waals surface area (Å²) in [5.41, 5.74) is 0.734. The molecule has 0 aliphatic rings. The fraction of sp³-hybridized carbons (Fsp3) is 0.278. The van der Waals surface area contributed by atoms with Gasteiger partial charge in [-0.3, -0.25) is 4.72 Å². The lowest BCUT2D eigenvalue weighted by Gasteiger charge is -2.14. The number of carboxylic acids is 1. The maximum Gasteiger partial charge on any atom is 0.335 e. The van der Waals surface area contributed by atoms with Crippen molar-refractivity contribution in [1.29, 1.82) is 0 Å². The lowest BCUT2D eigenvalue weighted by Crippen LogP contribution is -2.17. The molecule has 7 heteroatoms. The first-order valence-electron chi connectivity index (χ1n) is 8.13. The van der Waals surface area contributed by atoms with Crippen LogP contribution in [0.15, 0.2) is 53.4 Å². The van der Waals surface area contributed by atoms with Gasteiger partial charge >= 0.3 is 5.97 Å². The summed E-state index contributed by atoms with van der Waals surface area (Å²) in [5, 5.41) is 12.3. The Kier molecular flexibility index (Phi) is 6.41. The number of sulfonamides is 1. The molecule has 0 saturated heterocycles. The van der Waals surface area contributed by atoms with Crippen LogP contribution in [0, 0.1) is 0 Å². The molecule has 2 rings (SSSR count). The van der Waals surface area contributed by atoms with Gasteiger partial charge in [0.05, 0.1) is 11.3 Å². The summed E-state index contributed by atoms with van der Waals surface area (Å²) < 4.78 is 28.0. The van der Waals surface area contributed by atoms with Crippen LogP contribution in [0.4, 0.5) is 11.4 Å². The largest absolute Gasteiger partial charge is 0.478 e. The molecular weight excluding hydrogens is 340 g/mol. The van der Waals surface area contributed by atoms with Crippen molar-refractivity contribution in [2.75, 3.05) is 16.6 Å². The van der Waals surface area contributed by atoms with E-state index in [1.54, 1.807) is 30.3 Å². The second-order valence-electron chi connectivity index (χ2n) is 5.62. The number of hydrogen-bond acceptors (Lipinski definition) is 4. The molecule has 0 fully saturated rings. The van der Waals surface area contributed by atoms with Crippen molar-refractivity contribution in [3.63, 3.8) is 0 Å². The smallest absolute Gasteiger partial charge is 0.335 e. The number of rotatable bonds is 9. The molecular formula is C18H22N2O4S. The number of hydrogen-bond donors (Lipinski definition) is 3. The van der Waals surface area contributed by atoms with Crippen LogP contribution in [-0.4, -0.2) is 26.0 Å². The molecule has 0 unspecified atom stereocenters. The fourth-order valence-electron chi connectivity index (χ4n) is 2.34. The lowest BCUT2D eigenvalue weighted by molar-refractivity contribution is 0.0696. The Morgan fingerprint density at radius 1 is 1.08 bits per heavy atom. The third-order valence-corrected chi connectivity index (χ3v) is 5.06. The Bertz CT molecular complexity index is 820. The van der Waals surface area contributed by atoms with Crippen molar-refractivity contribution in [3.8, 4) is 0 Å². The summed E-state index contributed by atoms with van der Waals surface area (Å²) in [6, 6.07) is 12.5. The van der Waals surface area contributed by atoms with E-state index in [1.807, 2.05) is 0 Å². The standard InChI is InChI=1S/C18H22N2O4S/c1-2-3-7-12-19-16-11-10-14(18(21)22)13-17(16)25(23,24)20-15-8-5-4-6-9-15/h4-6,8-11,13,19-20H,2-3,7,12H2,1H3,(H,21,22). The quantitative estimate of drug-likeness (QED) is 0.590. The van der Waals surface area contributed by atoms with Crippen LogP contribution in [0.2, 0.25) is 0 Å². The Morgan fingerprint density at radius 3 is 2.44 bits per heavy atom. The maximum atomic E-state index is 12.7. The number of unbranched alkanes of at least 4 members (excludes halogenated alkanes) is 2. The fourth-order valence-corrected chi connectivity index (χ4v) is 3.61. The van der Waals surface area contributed by atoms with E-state index >= 15 is 0 Å². The van der Waals surface area contributed by atoms with E-state index in [2.05, 4.69) is 17.0 Å². The molecule has 25 heavy (non-hydrogen) atoms. The van der Waals surface area contributed by atoms with E-state index in [4.69, 9.17) is 5.11 Å². The van der Waals surface area contributed by atoms with Gasteiger partial charge in [-0.15, -0.1) is 0 Å². The van der Waals surface area contributed by atoms with Gasteiger partial charge in [0.2, 0.25) is 0 Å². The molecule has 134 valence electrons. The Balaban J connectivity index is 2.34. The van der Waals surface area contributed by atoms with E-state index < -0.39 is 16.0 Å². The first-order chi connectivity index (χ1) is 11.9. The van der Waals surface area contributed by atoms with Crippen molar-refractivity contribution in [1.82, 2.24) is 0 Å². The number of nitrogens with one attached hydrogen (secondary N) is 2. The normalized spacial score (nSPS) is 11.1. The SMILES string of the molecule is CCCCCNc1ccc(C(=O)O)cc1S(=O)(=O)Nc1ccccc1. The van der Waals surface area contributed by atoms with Gasteiger partial charge in [0.25, 0.3) is 10.0 Å². The molecule has 0 spiro atoms. The first kappa shape index (κ1) is 18.8. The van der Waals surface area contributed by atoms with Crippen LogP contribution >= 0.6 is 0 Å². The van der Waals surface area contributed by atoms with Gasteiger partial charge < -0.3 is 10.4 Å². The maximum absolute atomic E-state index is 12.7. The van der Waals surface area contributed by atoms with Crippen LogP contribution in [0.25, 0.3) is 0 Å². The van der Waals surface area contributed by atoms with Gasteiger partial charge in [-0.05, 0) is 36.8 Å². The molecule has 3 N–H and O–H groups in total. The Labute approximate surface area is 147 Å². The number of carbonyl (C=O) groups is 1. The van der Waals surface area contributed by atoms with Crippen LogP contribution in [0.1, 0.15) is 36.5 Å². The molecule has 2 aromatic rings. The Hall–Kier alpha value is -2.54. The van der Waals surface area contributed by atoms with Crippen molar-refractivity contribution in [3.05, 3.63) is 54.1 Å². The van der Waals surface area contributed by atoms with Crippen molar-refractivity contribution >= 4 is 27.4 Å². The molecule has 0 heterocycles. The van der Waals surface area contributed by atoms with Crippen LogP contribution in [0.3, 0.4) is 0 Å². The van der Waals surface area contributed by atoms with Crippen molar-refractivity contribution in [2.45, 2.75) is 31.1 Å². The van der Waals surface area contributed by atoms with Gasteiger partial charge in [0.1, 0.15) is 4.90 Å². The summed E-state index contributed by atoms with van der Waals surface area (Å²) >= 11 is 0. The molecule has 0 aliphatic heterocycles.